The van der Waals surface area contributed by atoms with Crippen molar-refractivity contribution in [2.24, 2.45) is 5.73 Å². The lowest BCUT2D eigenvalue weighted by molar-refractivity contribution is 0.131. The smallest absolute Gasteiger partial charge is 0.0462 e. The van der Waals surface area contributed by atoms with Gasteiger partial charge in [0.05, 0.1) is 0 Å². The monoisotopic (exact) mass is 216 g/mol. The fourth-order valence-electron chi connectivity index (χ4n) is 3.05. The number of nitrogens with zero attached hydrogens (tertiary/aromatic N) is 1. The highest BCUT2D eigenvalue weighted by molar-refractivity contribution is 5.30. The first-order valence-corrected chi connectivity index (χ1v) is 6.37. The van der Waals surface area contributed by atoms with Crippen molar-refractivity contribution in [3.63, 3.8) is 0 Å². The summed E-state index contributed by atoms with van der Waals surface area (Å²) in [7, 11) is 0. The Morgan fingerprint density at radius 2 is 1.94 bits per heavy atom. The Bertz CT molecular complexity index is 356. The summed E-state index contributed by atoms with van der Waals surface area (Å²) in [6.45, 7) is 2.30. The van der Waals surface area contributed by atoms with Crippen LogP contribution in [0.25, 0.3) is 0 Å². The molecule has 1 aliphatic carbocycles. The third-order valence-electron chi connectivity index (χ3n) is 4.10. The lowest BCUT2D eigenvalue weighted by Crippen LogP contribution is -2.47. The van der Waals surface area contributed by atoms with Crippen LogP contribution in [0.2, 0.25) is 0 Å². The second-order valence-electron chi connectivity index (χ2n) is 5.25. The Labute approximate surface area is 97.4 Å². The molecule has 3 rings (SSSR count). The first-order valence-electron chi connectivity index (χ1n) is 6.37. The third kappa shape index (κ3) is 1.66. The van der Waals surface area contributed by atoms with Crippen molar-refractivity contribution in [3.05, 3.63) is 35.9 Å². The quantitative estimate of drug-likeness (QED) is 0.820. The van der Waals surface area contributed by atoms with Crippen molar-refractivity contribution < 1.29 is 0 Å². The van der Waals surface area contributed by atoms with Gasteiger partial charge in [0.25, 0.3) is 0 Å². The largest absolute Gasteiger partial charge is 0.327 e. The Kier molecular flexibility index (Phi) is 2.49. The van der Waals surface area contributed by atoms with Crippen LogP contribution in [-0.4, -0.2) is 24.0 Å². The van der Waals surface area contributed by atoms with E-state index in [2.05, 4.69) is 35.2 Å². The van der Waals surface area contributed by atoms with Crippen molar-refractivity contribution in [3.8, 4) is 0 Å². The molecule has 16 heavy (non-hydrogen) atoms. The highest BCUT2D eigenvalue weighted by Crippen LogP contribution is 2.51. The van der Waals surface area contributed by atoms with E-state index >= 15 is 0 Å². The SMILES string of the molecule is N[C@H]1CCCN(C2(c3ccccc3)CC2)C1. The van der Waals surface area contributed by atoms with E-state index in [4.69, 9.17) is 5.73 Å². The van der Waals surface area contributed by atoms with Crippen LogP contribution in [0.3, 0.4) is 0 Å². The Balaban J connectivity index is 1.83. The van der Waals surface area contributed by atoms with E-state index < -0.39 is 0 Å². The van der Waals surface area contributed by atoms with Crippen LogP contribution in [0.4, 0.5) is 0 Å². The lowest BCUT2D eigenvalue weighted by atomic mass is 9.98. The van der Waals surface area contributed by atoms with Gasteiger partial charge in [-0.25, -0.2) is 0 Å². The molecule has 1 atom stereocenters. The molecule has 1 aliphatic heterocycles. The topological polar surface area (TPSA) is 29.3 Å². The number of hydrogen-bond donors (Lipinski definition) is 1. The van der Waals surface area contributed by atoms with E-state index in [1.54, 1.807) is 0 Å². The minimum absolute atomic E-state index is 0.347. The molecule has 0 unspecified atom stereocenters. The van der Waals surface area contributed by atoms with Gasteiger partial charge in [-0.2, -0.15) is 0 Å². The molecule has 1 aromatic carbocycles. The number of benzene rings is 1. The maximum Gasteiger partial charge on any atom is 0.0462 e. The summed E-state index contributed by atoms with van der Waals surface area (Å²) in [5.41, 5.74) is 7.92. The number of likely N-dealkylation sites (tertiary alicyclic amines) is 1. The van der Waals surface area contributed by atoms with Gasteiger partial charge in [-0.3, -0.25) is 4.90 Å². The third-order valence-corrected chi connectivity index (χ3v) is 4.10. The number of nitrogens with two attached hydrogens (primary N) is 1. The van der Waals surface area contributed by atoms with Crippen LogP contribution in [0.1, 0.15) is 31.2 Å². The standard InChI is InChI=1S/C14H20N2/c15-13-7-4-10-16(11-13)14(8-9-14)12-5-2-1-3-6-12/h1-3,5-6,13H,4,7-11,15H2/t13-/m0/s1. The summed E-state index contributed by atoms with van der Waals surface area (Å²) in [4.78, 5) is 2.62. The Hall–Kier alpha value is -0.860. The number of hydrogen-bond acceptors (Lipinski definition) is 2. The molecule has 0 spiro atoms. The van der Waals surface area contributed by atoms with Crippen molar-refractivity contribution >= 4 is 0 Å². The van der Waals surface area contributed by atoms with Crippen molar-refractivity contribution in [2.75, 3.05) is 13.1 Å². The lowest BCUT2D eigenvalue weighted by Gasteiger charge is -2.38. The molecular formula is C14H20N2. The molecule has 2 nitrogen and oxygen atoms in total. The zero-order chi connectivity index (χ0) is 11.0. The molecule has 2 heteroatoms. The maximum atomic E-state index is 6.09. The zero-order valence-corrected chi connectivity index (χ0v) is 9.73. The first kappa shape index (κ1) is 10.3. The number of piperidine rings is 1. The molecule has 0 bridgehead atoms. The van der Waals surface area contributed by atoms with Crippen molar-refractivity contribution in [2.45, 2.75) is 37.3 Å². The highest BCUT2D eigenvalue weighted by Gasteiger charge is 2.49. The minimum atomic E-state index is 0.347. The van der Waals surface area contributed by atoms with Gasteiger partial charge in [0, 0.05) is 18.1 Å². The predicted molar refractivity (Wildman–Crippen MR) is 66.1 cm³/mol. The van der Waals surface area contributed by atoms with Crippen molar-refractivity contribution in [1.82, 2.24) is 4.90 Å². The summed E-state index contributed by atoms with van der Waals surface area (Å²) in [6.07, 6.45) is 5.07. The van der Waals surface area contributed by atoms with E-state index in [0.717, 1.165) is 6.54 Å². The summed E-state index contributed by atoms with van der Waals surface area (Å²) in [6, 6.07) is 11.3. The van der Waals surface area contributed by atoms with Gasteiger partial charge in [0.2, 0.25) is 0 Å². The van der Waals surface area contributed by atoms with E-state index in [1.165, 1.54) is 37.8 Å². The maximum absolute atomic E-state index is 6.09. The van der Waals surface area contributed by atoms with Gasteiger partial charge in [-0.1, -0.05) is 30.3 Å². The normalized spacial score (nSPS) is 28.9. The molecule has 2 N–H and O–H groups in total. The fourth-order valence-corrected chi connectivity index (χ4v) is 3.05. The van der Waals surface area contributed by atoms with Crippen LogP contribution < -0.4 is 5.73 Å². The average Bonchev–Trinajstić information content (AvgIpc) is 3.11. The molecule has 0 aromatic heterocycles. The summed E-state index contributed by atoms with van der Waals surface area (Å²) in [5.74, 6) is 0. The second kappa shape index (κ2) is 3.86. The van der Waals surface area contributed by atoms with Crippen LogP contribution in [0, 0.1) is 0 Å². The molecule has 86 valence electrons. The average molecular weight is 216 g/mol. The molecular weight excluding hydrogens is 196 g/mol. The summed E-state index contributed by atoms with van der Waals surface area (Å²) >= 11 is 0. The molecule has 0 amide bonds. The van der Waals surface area contributed by atoms with Crippen LogP contribution >= 0.6 is 0 Å². The van der Waals surface area contributed by atoms with Crippen LogP contribution in [0.5, 0.6) is 0 Å². The van der Waals surface area contributed by atoms with Gasteiger partial charge in [-0.15, -0.1) is 0 Å². The second-order valence-corrected chi connectivity index (χ2v) is 5.25. The van der Waals surface area contributed by atoms with Gasteiger partial charge >= 0.3 is 0 Å². The first-order chi connectivity index (χ1) is 7.81. The van der Waals surface area contributed by atoms with Gasteiger partial charge in [0.15, 0.2) is 0 Å². The van der Waals surface area contributed by atoms with Crippen molar-refractivity contribution in [1.29, 1.82) is 0 Å². The Morgan fingerprint density at radius 3 is 2.56 bits per heavy atom. The predicted octanol–water partition coefficient (Wildman–Crippen LogP) is 2.10. The van der Waals surface area contributed by atoms with E-state index in [1.807, 2.05) is 0 Å². The van der Waals surface area contributed by atoms with Crippen LogP contribution in [0.15, 0.2) is 30.3 Å². The number of rotatable bonds is 2. The molecule has 2 aliphatic rings. The fraction of sp³-hybridized carbons (Fsp3) is 0.571. The molecule has 1 saturated heterocycles. The minimum Gasteiger partial charge on any atom is -0.327 e. The van der Waals surface area contributed by atoms with E-state index in [9.17, 15) is 0 Å². The molecule has 1 heterocycles. The van der Waals surface area contributed by atoms with Crippen LogP contribution in [-0.2, 0) is 5.54 Å². The molecule has 2 fully saturated rings. The zero-order valence-electron chi connectivity index (χ0n) is 9.73. The summed E-state index contributed by atoms with van der Waals surface area (Å²) < 4.78 is 0. The van der Waals surface area contributed by atoms with Gasteiger partial charge in [-0.05, 0) is 37.8 Å². The summed E-state index contributed by atoms with van der Waals surface area (Å²) in [5, 5.41) is 0. The Morgan fingerprint density at radius 1 is 1.19 bits per heavy atom. The molecule has 0 radical (unpaired) electrons. The van der Waals surface area contributed by atoms with E-state index in [-0.39, 0.29) is 0 Å². The van der Waals surface area contributed by atoms with Gasteiger partial charge in [0.1, 0.15) is 0 Å². The van der Waals surface area contributed by atoms with Gasteiger partial charge < -0.3 is 5.73 Å². The van der Waals surface area contributed by atoms with E-state index in [0.29, 0.717) is 11.6 Å². The molecule has 1 aromatic rings. The highest BCUT2D eigenvalue weighted by atomic mass is 15.2. The molecule has 1 saturated carbocycles.